The zero-order valence-corrected chi connectivity index (χ0v) is 19.6. The second-order valence-corrected chi connectivity index (χ2v) is 8.75. The number of nitrogens with zero attached hydrogens (tertiary/aromatic N) is 1. The third-order valence-electron chi connectivity index (χ3n) is 5.70. The lowest BCUT2D eigenvalue weighted by Gasteiger charge is -2.22. The van der Waals surface area contributed by atoms with E-state index >= 15 is 4.39 Å². The number of hydrogen-bond donors (Lipinski definition) is 2. The summed E-state index contributed by atoms with van der Waals surface area (Å²) in [5.74, 6) is 0.170. The Morgan fingerprint density at radius 2 is 1.74 bits per heavy atom. The van der Waals surface area contributed by atoms with Gasteiger partial charge in [0.05, 0.1) is 6.54 Å². The summed E-state index contributed by atoms with van der Waals surface area (Å²) in [5.41, 5.74) is 1.89. The van der Waals surface area contributed by atoms with Crippen molar-refractivity contribution in [1.29, 1.82) is 0 Å². The van der Waals surface area contributed by atoms with E-state index in [0.29, 0.717) is 40.9 Å². The van der Waals surface area contributed by atoms with Crippen molar-refractivity contribution in [3.8, 4) is 16.9 Å². The SMILES string of the molecule is CC(C)Cn1c(CNC(=O)O)c(-c2ccccc2F)c2cc(OCc3ccccc3)ccc2c1=O. The number of amides is 1. The fraction of sp³-hybridized carbons (Fsp3) is 0.214. The van der Waals surface area contributed by atoms with E-state index in [-0.39, 0.29) is 23.6 Å². The third kappa shape index (κ3) is 5.35. The summed E-state index contributed by atoms with van der Waals surface area (Å²) in [4.78, 5) is 24.9. The first-order chi connectivity index (χ1) is 16.8. The second-order valence-electron chi connectivity index (χ2n) is 8.75. The summed E-state index contributed by atoms with van der Waals surface area (Å²) in [7, 11) is 0. The van der Waals surface area contributed by atoms with Gasteiger partial charge in [0.1, 0.15) is 18.2 Å². The number of hydrogen-bond acceptors (Lipinski definition) is 3. The molecule has 0 aliphatic heterocycles. The molecular weight excluding hydrogens is 447 g/mol. The minimum absolute atomic E-state index is 0.107. The fourth-order valence-electron chi connectivity index (χ4n) is 4.17. The maximum absolute atomic E-state index is 15.1. The standard InChI is InChI=1S/C28H27FN2O4/c1-18(2)16-31-25(15-30-28(33)34)26(22-10-6-7-11-24(22)29)23-14-20(12-13-21(23)27(31)32)35-17-19-8-4-3-5-9-19/h3-14,18,30H,15-17H2,1-2H3,(H,33,34). The van der Waals surface area contributed by atoms with Crippen molar-refractivity contribution in [2.45, 2.75) is 33.5 Å². The molecule has 180 valence electrons. The molecule has 6 nitrogen and oxygen atoms in total. The van der Waals surface area contributed by atoms with E-state index in [9.17, 15) is 14.7 Å². The highest BCUT2D eigenvalue weighted by Gasteiger charge is 2.21. The predicted molar refractivity (Wildman–Crippen MR) is 134 cm³/mol. The molecule has 0 aliphatic rings. The van der Waals surface area contributed by atoms with Gasteiger partial charge < -0.3 is 19.7 Å². The van der Waals surface area contributed by atoms with Crippen molar-refractivity contribution in [3.05, 3.63) is 100 Å². The van der Waals surface area contributed by atoms with Gasteiger partial charge in [-0.15, -0.1) is 0 Å². The zero-order chi connectivity index (χ0) is 24.9. The number of carboxylic acid groups (broad SMARTS) is 1. The highest BCUT2D eigenvalue weighted by Crippen LogP contribution is 2.35. The predicted octanol–water partition coefficient (Wildman–Crippen LogP) is 5.81. The van der Waals surface area contributed by atoms with Crippen LogP contribution in [0.4, 0.5) is 9.18 Å². The van der Waals surface area contributed by atoms with Crippen molar-refractivity contribution in [1.82, 2.24) is 9.88 Å². The lowest BCUT2D eigenvalue weighted by atomic mass is 9.95. The Kier molecular flexibility index (Phi) is 7.15. The van der Waals surface area contributed by atoms with Gasteiger partial charge in [-0.05, 0) is 35.7 Å². The van der Waals surface area contributed by atoms with Crippen molar-refractivity contribution in [3.63, 3.8) is 0 Å². The van der Waals surface area contributed by atoms with Gasteiger partial charge in [0.15, 0.2) is 0 Å². The second kappa shape index (κ2) is 10.4. The van der Waals surface area contributed by atoms with Gasteiger partial charge in [0.25, 0.3) is 5.56 Å². The van der Waals surface area contributed by atoms with E-state index in [0.717, 1.165) is 5.56 Å². The largest absolute Gasteiger partial charge is 0.489 e. The highest BCUT2D eigenvalue weighted by atomic mass is 19.1. The van der Waals surface area contributed by atoms with Crippen LogP contribution in [-0.4, -0.2) is 15.8 Å². The Morgan fingerprint density at radius 3 is 2.43 bits per heavy atom. The smallest absolute Gasteiger partial charge is 0.404 e. The topological polar surface area (TPSA) is 80.6 Å². The molecule has 0 aliphatic carbocycles. The molecule has 0 radical (unpaired) electrons. The van der Waals surface area contributed by atoms with E-state index in [2.05, 4.69) is 5.32 Å². The molecule has 0 saturated carbocycles. The first-order valence-corrected chi connectivity index (χ1v) is 11.4. The molecule has 7 heteroatoms. The molecule has 0 atom stereocenters. The summed E-state index contributed by atoms with van der Waals surface area (Å²) in [6.07, 6.45) is -1.23. The van der Waals surface area contributed by atoms with Gasteiger partial charge in [-0.25, -0.2) is 9.18 Å². The van der Waals surface area contributed by atoms with Crippen molar-refractivity contribution < 1.29 is 19.0 Å². The van der Waals surface area contributed by atoms with Crippen molar-refractivity contribution in [2.75, 3.05) is 0 Å². The first-order valence-electron chi connectivity index (χ1n) is 11.4. The zero-order valence-electron chi connectivity index (χ0n) is 19.6. The van der Waals surface area contributed by atoms with Crippen LogP contribution in [0.15, 0.2) is 77.6 Å². The van der Waals surface area contributed by atoms with E-state index in [4.69, 9.17) is 4.74 Å². The van der Waals surface area contributed by atoms with Gasteiger partial charge in [-0.3, -0.25) is 4.79 Å². The molecule has 4 aromatic rings. The normalized spacial score (nSPS) is 11.1. The molecule has 2 N–H and O–H groups in total. The lowest BCUT2D eigenvalue weighted by molar-refractivity contribution is 0.193. The van der Waals surface area contributed by atoms with Crippen molar-refractivity contribution >= 4 is 16.9 Å². The minimum atomic E-state index is -1.23. The van der Waals surface area contributed by atoms with E-state index in [1.54, 1.807) is 41.0 Å². The summed E-state index contributed by atoms with van der Waals surface area (Å²) >= 11 is 0. The number of rotatable bonds is 8. The number of halogens is 1. The molecule has 0 bridgehead atoms. The fourth-order valence-corrected chi connectivity index (χ4v) is 4.17. The number of ether oxygens (including phenoxy) is 1. The molecule has 3 aromatic carbocycles. The number of pyridine rings is 1. The average molecular weight is 475 g/mol. The number of fused-ring (bicyclic) bond motifs is 1. The third-order valence-corrected chi connectivity index (χ3v) is 5.70. The molecule has 0 spiro atoms. The first kappa shape index (κ1) is 24.0. The average Bonchev–Trinajstić information content (AvgIpc) is 2.84. The Hall–Kier alpha value is -4.13. The van der Waals surface area contributed by atoms with Gasteiger partial charge in [0, 0.05) is 34.1 Å². The molecular formula is C28H27FN2O4. The van der Waals surface area contributed by atoms with Crippen LogP contribution in [0.1, 0.15) is 25.1 Å². The highest BCUT2D eigenvalue weighted by molar-refractivity contribution is 5.98. The van der Waals surface area contributed by atoms with Crippen LogP contribution in [0.25, 0.3) is 21.9 Å². The summed E-state index contributed by atoms with van der Waals surface area (Å²) in [5, 5.41) is 12.6. The molecule has 1 amide bonds. The van der Waals surface area contributed by atoms with Gasteiger partial charge in [-0.1, -0.05) is 62.4 Å². The van der Waals surface area contributed by atoms with Crippen molar-refractivity contribution in [2.24, 2.45) is 5.92 Å². The van der Waals surface area contributed by atoms with Gasteiger partial charge >= 0.3 is 6.09 Å². The van der Waals surface area contributed by atoms with Crippen LogP contribution < -0.4 is 15.6 Å². The number of aromatic nitrogens is 1. The van der Waals surface area contributed by atoms with Crippen LogP contribution >= 0.6 is 0 Å². The van der Waals surface area contributed by atoms with Crippen LogP contribution in [0.3, 0.4) is 0 Å². The number of carbonyl (C=O) groups is 1. The Morgan fingerprint density at radius 1 is 1.03 bits per heavy atom. The summed E-state index contributed by atoms with van der Waals surface area (Å²) in [6, 6.07) is 21.1. The molecule has 0 unspecified atom stereocenters. The maximum atomic E-state index is 15.1. The van der Waals surface area contributed by atoms with Crippen LogP contribution in [0, 0.1) is 11.7 Å². The summed E-state index contributed by atoms with van der Waals surface area (Å²) < 4.78 is 22.6. The number of nitrogens with one attached hydrogen (secondary N) is 1. The van der Waals surface area contributed by atoms with E-state index in [1.807, 2.05) is 44.2 Å². The van der Waals surface area contributed by atoms with Gasteiger partial charge in [0.2, 0.25) is 0 Å². The molecule has 0 saturated heterocycles. The monoisotopic (exact) mass is 474 g/mol. The Balaban J connectivity index is 1.95. The lowest BCUT2D eigenvalue weighted by Crippen LogP contribution is -2.31. The minimum Gasteiger partial charge on any atom is -0.489 e. The number of benzene rings is 3. The Bertz CT molecular complexity index is 1410. The van der Waals surface area contributed by atoms with Crippen LogP contribution in [-0.2, 0) is 19.7 Å². The van der Waals surface area contributed by atoms with E-state index < -0.39 is 11.9 Å². The Labute approximate surface area is 202 Å². The molecule has 4 rings (SSSR count). The molecule has 1 aromatic heterocycles. The van der Waals surface area contributed by atoms with Gasteiger partial charge in [-0.2, -0.15) is 0 Å². The van der Waals surface area contributed by atoms with E-state index in [1.165, 1.54) is 6.07 Å². The van der Waals surface area contributed by atoms with Crippen LogP contribution in [0.5, 0.6) is 5.75 Å². The molecule has 1 heterocycles. The summed E-state index contributed by atoms with van der Waals surface area (Å²) in [6.45, 7) is 4.48. The quantitative estimate of drug-likeness (QED) is 0.338. The molecule has 35 heavy (non-hydrogen) atoms. The molecule has 0 fully saturated rings. The van der Waals surface area contributed by atoms with Crippen LogP contribution in [0.2, 0.25) is 0 Å². The maximum Gasteiger partial charge on any atom is 0.404 e.